The Morgan fingerprint density at radius 3 is 2.69 bits per heavy atom. The summed E-state index contributed by atoms with van der Waals surface area (Å²) in [5.41, 5.74) is 2.50. The third-order valence-electron chi connectivity index (χ3n) is 2.25. The topological polar surface area (TPSA) is 37.8 Å². The largest absolute Gasteiger partial charge is 0.365 e. The zero-order valence-corrected chi connectivity index (χ0v) is 10.5. The quantitative estimate of drug-likeness (QED) is 0.937. The number of benzene rings is 1. The minimum Gasteiger partial charge on any atom is -0.365 e. The lowest BCUT2D eigenvalue weighted by molar-refractivity contribution is 1.07. The maximum atomic E-state index is 4.14. The van der Waals surface area contributed by atoms with E-state index in [0.717, 1.165) is 16.8 Å². The van der Waals surface area contributed by atoms with Gasteiger partial charge in [0.2, 0.25) is 0 Å². The molecule has 16 heavy (non-hydrogen) atoms. The van der Waals surface area contributed by atoms with E-state index in [1.807, 2.05) is 0 Å². The molecule has 1 aromatic heterocycles. The van der Waals surface area contributed by atoms with Crippen LogP contribution in [0.25, 0.3) is 0 Å². The first-order valence-electron chi connectivity index (χ1n) is 5.00. The molecule has 0 saturated carbocycles. The number of halogens is 1. The van der Waals surface area contributed by atoms with E-state index in [-0.39, 0.29) is 0 Å². The molecule has 0 spiro atoms. The van der Waals surface area contributed by atoms with E-state index in [2.05, 4.69) is 62.4 Å². The van der Waals surface area contributed by atoms with Crippen LogP contribution < -0.4 is 5.32 Å². The fourth-order valence-electron chi connectivity index (χ4n) is 1.33. The van der Waals surface area contributed by atoms with Crippen molar-refractivity contribution in [3.63, 3.8) is 0 Å². The van der Waals surface area contributed by atoms with E-state index in [0.29, 0.717) is 0 Å². The van der Waals surface area contributed by atoms with Crippen molar-refractivity contribution in [1.29, 1.82) is 0 Å². The summed E-state index contributed by atoms with van der Waals surface area (Å²) in [6, 6.07) is 8.42. The molecule has 0 unspecified atom stereocenters. The van der Waals surface area contributed by atoms with E-state index in [4.69, 9.17) is 0 Å². The number of aromatic nitrogens is 2. The molecule has 82 valence electrons. The van der Waals surface area contributed by atoms with E-state index < -0.39 is 0 Å². The molecule has 0 amide bonds. The smallest absolute Gasteiger partial charge is 0.144 e. The molecule has 1 aromatic carbocycles. The van der Waals surface area contributed by atoms with Gasteiger partial charge in [-0.15, -0.1) is 0 Å². The zero-order valence-electron chi connectivity index (χ0n) is 8.94. The second-order valence-electron chi connectivity index (χ2n) is 3.56. The summed E-state index contributed by atoms with van der Waals surface area (Å²) >= 11 is 3.39. The second-order valence-corrected chi connectivity index (χ2v) is 4.41. The van der Waals surface area contributed by atoms with E-state index in [9.17, 15) is 0 Å². The van der Waals surface area contributed by atoms with Gasteiger partial charge in [-0.05, 0) is 28.4 Å². The van der Waals surface area contributed by atoms with Gasteiger partial charge in [0.15, 0.2) is 0 Å². The van der Waals surface area contributed by atoms with Gasteiger partial charge in [-0.25, -0.2) is 9.97 Å². The fourth-order valence-corrected chi connectivity index (χ4v) is 1.70. The number of nitrogens with one attached hydrogen (secondary N) is 1. The van der Waals surface area contributed by atoms with Crippen molar-refractivity contribution in [2.45, 2.75) is 13.5 Å². The predicted octanol–water partition coefficient (Wildman–Crippen LogP) is 3.16. The molecule has 0 aliphatic carbocycles. The van der Waals surface area contributed by atoms with Gasteiger partial charge < -0.3 is 5.32 Å². The zero-order chi connectivity index (χ0) is 11.4. The first-order chi connectivity index (χ1) is 7.75. The van der Waals surface area contributed by atoms with Crippen LogP contribution in [0.3, 0.4) is 0 Å². The van der Waals surface area contributed by atoms with Crippen LogP contribution in [0.4, 0.5) is 5.82 Å². The molecular formula is C12H12BrN3. The van der Waals surface area contributed by atoms with Crippen LogP contribution in [0.1, 0.15) is 11.1 Å². The third-order valence-corrected chi connectivity index (χ3v) is 2.83. The van der Waals surface area contributed by atoms with Crippen molar-refractivity contribution in [1.82, 2.24) is 9.97 Å². The number of hydrogen-bond donors (Lipinski definition) is 1. The average Bonchev–Trinajstić information content (AvgIpc) is 2.30. The van der Waals surface area contributed by atoms with E-state index >= 15 is 0 Å². The molecule has 0 fully saturated rings. The number of rotatable bonds is 3. The Morgan fingerprint density at radius 2 is 2.00 bits per heavy atom. The van der Waals surface area contributed by atoms with Crippen molar-refractivity contribution in [2.24, 2.45) is 0 Å². The number of anilines is 1. The van der Waals surface area contributed by atoms with Gasteiger partial charge in [-0.2, -0.15) is 0 Å². The predicted molar refractivity (Wildman–Crippen MR) is 68.2 cm³/mol. The Labute approximate surface area is 103 Å². The highest BCUT2D eigenvalue weighted by Crippen LogP contribution is 2.17. The van der Waals surface area contributed by atoms with Crippen molar-refractivity contribution in [3.05, 3.63) is 52.4 Å². The van der Waals surface area contributed by atoms with Crippen molar-refractivity contribution < 1.29 is 0 Å². The summed E-state index contributed by atoms with van der Waals surface area (Å²) in [4.78, 5) is 8.06. The normalized spacial score (nSPS) is 10.1. The van der Waals surface area contributed by atoms with E-state index in [1.165, 1.54) is 17.5 Å². The standard InChI is InChI=1S/C12H12BrN3/c1-9-2-4-10(5-3-9)6-15-12-11(13)7-14-8-16-12/h2-5,7-8H,6H2,1H3,(H,14,15,16). The minimum atomic E-state index is 0.760. The molecule has 1 N–H and O–H groups in total. The van der Waals surface area contributed by atoms with Gasteiger partial charge in [0.1, 0.15) is 12.1 Å². The first-order valence-corrected chi connectivity index (χ1v) is 5.80. The van der Waals surface area contributed by atoms with Crippen molar-refractivity contribution in [3.8, 4) is 0 Å². The maximum Gasteiger partial charge on any atom is 0.144 e. The van der Waals surface area contributed by atoms with Crippen LogP contribution in [0.15, 0.2) is 41.3 Å². The van der Waals surface area contributed by atoms with Crippen molar-refractivity contribution in [2.75, 3.05) is 5.32 Å². The Morgan fingerprint density at radius 1 is 1.25 bits per heavy atom. The number of aryl methyl sites for hydroxylation is 1. The summed E-state index contributed by atoms with van der Waals surface area (Å²) in [6.07, 6.45) is 3.26. The lowest BCUT2D eigenvalue weighted by Crippen LogP contribution is -2.02. The van der Waals surface area contributed by atoms with Crippen LogP contribution in [-0.2, 0) is 6.54 Å². The van der Waals surface area contributed by atoms with E-state index in [1.54, 1.807) is 6.20 Å². The summed E-state index contributed by atoms with van der Waals surface area (Å²) in [5, 5.41) is 3.25. The van der Waals surface area contributed by atoms with Crippen LogP contribution in [0.5, 0.6) is 0 Å². The highest BCUT2D eigenvalue weighted by Gasteiger charge is 1.99. The third kappa shape index (κ3) is 2.79. The highest BCUT2D eigenvalue weighted by molar-refractivity contribution is 9.10. The average molecular weight is 278 g/mol. The van der Waals surface area contributed by atoms with Gasteiger partial charge in [-0.1, -0.05) is 29.8 Å². The van der Waals surface area contributed by atoms with Crippen LogP contribution >= 0.6 is 15.9 Å². The monoisotopic (exact) mass is 277 g/mol. The van der Waals surface area contributed by atoms with Crippen LogP contribution in [0, 0.1) is 6.92 Å². The Bertz CT molecular complexity index is 468. The number of hydrogen-bond acceptors (Lipinski definition) is 3. The summed E-state index contributed by atoms with van der Waals surface area (Å²) in [7, 11) is 0. The van der Waals surface area contributed by atoms with Gasteiger partial charge >= 0.3 is 0 Å². The lowest BCUT2D eigenvalue weighted by Gasteiger charge is -2.06. The van der Waals surface area contributed by atoms with Crippen LogP contribution in [-0.4, -0.2) is 9.97 Å². The fraction of sp³-hybridized carbons (Fsp3) is 0.167. The molecule has 0 radical (unpaired) electrons. The summed E-state index contributed by atoms with van der Waals surface area (Å²) in [5.74, 6) is 0.815. The highest BCUT2D eigenvalue weighted by atomic mass is 79.9. The van der Waals surface area contributed by atoms with Crippen LogP contribution in [0.2, 0.25) is 0 Å². The van der Waals surface area contributed by atoms with Gasteiger partial charge in [0, 0.05) is 12.7 Å². The molecule has 0 bridgehead atoms. The summed E-state index contributed by atoms with van der Waals surface area (Å²) in [6.45, 7) is 2.84. The molecular weight excluding hydrogens is 266 g/mol. The Kier molecular flexibility index (Phi) is 3.51. The molecule has 0 atom stereocenters. The molecule has 2 aromatic rings. The molecule has 3 nitrogen and oxygen atoms in total. The SMILES string of the molecule is Cc1ccc(CNc2ncncc2Br)cc1. The Balaban J connectivity index is 2.02. The van der Waals surface area contributed by atoms with Crippen molar-refractivity contribution >= 4 is 21.7 Å². The molecule has 4 heteroatoms. The molecule has 2 rings (SSSR count). The second kappa shape index (κ2) is 5.07. The molecule has 0 aliphatic rings. The molecule has 0 aliphatic heterocycles. The molecule has 1 heterocycles. The maximum absolute atomic E-state index is 4.14. The first kappa shape index (κ1) is 11.1. The molecule has 0 saturated heterocycles. The minimum absolute atomic E-state index is 0.760. The summed E-state index contributed by atoms with van der Waals surface area (Å²) < 4.78 is 0.877. The van der Waals surface area contributed by atoms with Gasteiger partial charge in [0.05, 0.1) is 4.47 Å². The van der Waals surface area contributed by atoms with Gasteiger partial charge in [-0.3, -0.25) is 0 Å². The lowest BCUT2D eigenvalue weighted by atomic mass is 10.1. The van der Waals surface area contributed by atoms with Gasteiger partial charge in [0.25, 0.3) is 0 Å². The number of nitrogens with zero attached hydrogens (tertiary/aromatic N) is 2. The Hall–Kier alpha value is -1.42.